The third-order valence-corrected chi connectivity index (χ3v) is 4.91. The first-order valence-electron chi connectivity index (χ1n) is 8.09. The van der Waals surface area contributed by atoms with Crippen LogP contribution in [0.2, 0.25) is 0 Å². The van der Waals surface area contributed by atoms with Crippen LogP contribution < -0.4 is 4.90 Å². The number of benzene rings is 3. The van der Waals surface area contributed by atoms with Crippen molar-refractivity contribution in [3.63, 3.8) is 0 Å². The van der Waals surface area contributed by atoms with Crippen LogP contribution in [0, 0.1) is 6.92 Å². The Hall–Kier alpha value is -2.80. The maximum atomic E-state index is 2.48. The lowest BCUT2D eigenvalue weighted by Gasteiger charge is -2.27. The van der Waals surface area contributed by atoms with Gasteiger partial charge in [0.2, 0.25) is 0 Å². The van der Waals surface area contributed by atoms with Crippen molar-refractivity contribution in [3.05, 3.63) is 95.1 Å². The first-order chi connectivity index (χ1) is 11.3. The van der Waals surface area contributed by atoms with E-state index in [9.17, 15) is 0 Å². The highest BCUT2D eigenvalue weighted by Crippen LogP contribution is 2.56. The number of hydrogen-bond acceptors (Lipinski definition) is 1. The number of nitrogens with zero attached hydrogens (tertiary/aromatic N) is 1. The number of anilines is 2. The molecule has 0 saturated carbocycles. The second kappa shape index (κ2) is 4.60. The smallest absolute Gasteiger partial charge is 0.0857 e. The minimum absolute atomic E-state index is 0.297. The van der Waals surface area contributed by atoms with E-state index in [1.165, 1.54) is 39.2 Å². The summed E-state index contributed by atoms with van der Waals surface area (Å²) < 4.78 is 0. The molecule has 0 fully saturated rings. The number of hydrogen-bond donors (Lipinski definition) is 0. The Kier molecular flexibility index (Phi) is 2.54. The molecule has 1 heteroatoms. The van der Waals surface area contributed by atoms with Gasteiger partial charge in [-0.25, -0.2) is 0 Å². The molecule has 3 aromatic rings. The summed E-state index contributed by atoms with van der Waals surface area (Å²) in [5.74, 6) is 0. The molecular formula is C22H17N. The number of para-hydroxylation sites is 1. The van der Waals surface area contributed by atoms with Crippen molar-refractivity contribution in [2.24, 2.45) is 0 Å². The van der Waals surface area contributed by atoms with Crippen molar-refractivity contribution in [1.29, 1.82) is 0 Å². The standard InChI is InChI=1S/C22H17N/c1-15-11-12-21-19(13-15)20-14-16-7-5-6-10-18(16)22(20)23(21)17-8-3-2-4-9-17/h2-14,22H,1H3. The minimum Gasteiger partial charge on any atom is -0.329 e. The monoisotopic (exact) mass is 295 g/mol. The molecule has 0 spiro atoms. The predicted molar refractivity (Wildman–Crippen MR) is 96.8 cm³/mol. The fourth-order valence-electron chi connectivity index (χ4n) is 3.92. The molecule has 110 valence electrons. The molecule has 0 radical (unpaired) electrons. The molecule has 0 N–H and O–H groups in total. The first kappa shape index (κ1) is 12.7. The maximum absolute atomic E-state index is 2.48. The zero-order valence-corrected chi connectivity index (χ0v) is 13.0. The second-order valence-corrected chi connectivity index (χ2v) is 6.36. The molecule has 23 heavy (non-hydrogen) atoms. The van der Waals surface area contributed by atoms with Gasteiger partial charge in [0.25, 0.3) is 0 Å². The average Bonchev–Trinajstić information content (AvgIpc) is 3.10. The van der Waals surface area contributed by atoms with E-state index in [1.54, 1.807) is 0 Å². The quantitative estimate of drug-likeness (QED) is 0.553. The molecule has 1 aliphatic heterocycles. The molecule has 2 aliphatic rings. The molecule has 1 atom stereocenters. The summed E-state index contributed by atoms with van der Waals surface area (Å²) in [6.07, 6.45) is 2.36. The minimum atomic E-state index is 0.297. The Labute approximate surface area is 136 Å². The van der Waals surface area contributed by atoms with Crippen molar-refractivity contribution in [2.75, 3.05) is 4.90 Å². The average molecular weight is 295 g/mol. The van der Waals surface area contributed by atoms with Gasteiger partial charge in [-0.3, -0.25) is 0 Å². The van der Waals surface area contributed by atoms with Crippen LogP contribution in [0.5, 0.6) is 0 Å². The van der Waals surface area contributed by atoms with Gasteiger partial charge < -0.3 is 4.90 Å². The Morgan fingerprint density at radius 1 is 0.826 bits per heavy atom. The lowest BCUT2D eigenvalue weighted by atomic mass is 10.0. The molecule has 1 heterocycles. The van der Waals surface area contributed by atoms with Gasteiger partial charge in [-0.1, -0.05) is 54.1 Å². The molecule has 0 bridgehead atoms. The molecule has 3 aromatic carbocycles. The predicted octanol–water partition coefficient (Wildman–Crippen LogP) is 5.74. The zero-order valence-electron chi connectivity index (χ0n) is 13.0. The van der Waals surface area contributed by atoms with Gasteiger partial charge in [-0.2, -0.15) is 0 Å². The normalized spacial score (nSPS) is 17.5. The van der Waals surface area contributed by atoms with Gasteiger partial charge in [0.05, 0.1) is 6.04 Å². The highest BCUT2D eigenvalue weighted by Gasteiger charge is 2.39. The summed E-state index contributed by atoms with van der Waals surface area (Å²) >= 11 is 0. The fraction of sp³-hybridized carbons (Fsp3) is 0.0909. The topological polar surface area (TPSA) is 3.24 Å². The summed E-state index contributed by atoms with van der Waals surface area (Å²) in [5, 5.41) is 0. The van der Waals surface area contributed by atoms with Crippen LogP contribution >= 0.6 is 0 Å². The largest absolute Gasteiger partial charge is 0.329 e. The SMILES string of the molecule is Cc1ccc2c(c1)C1=Cc3ccccc3C1N2c1ccccc1. The zero-order chi connectivity index (χ0) is 15.4. The van der Waals surface area contributed by atoms with Crippen LogP contribution in [0.3, 0.4) is 0 Å². The number of aryl methyl sites for hydroxylation is 1. The van der Waals surface area contributed by atoms with Crippen molar-refractivity contribution in [3.8, 4) is 0 Å². The summed E-state index contributed by atoms with van der Waals surface area (Å²) in [4.78, 5) is 2.48. The van der Waals surface area contributed by atoms with E-state index in [0.29, 0.717) is 6.04 Å². The van der Waals surface area contributed by atoms with E-state index >= 15 is 0 Å². The third kappa shape index (κ3) is 1.74. The van der Waals surface area contributed by atoms with Gasteiger partial charge in [0, 0.05) is 16.9 Å². The Bertz CT molecular complexity index is 937. The van der Waals surface area contributed by atoms with Gasteiger partial charge in [-0.05, 0) is 54.0 Å². The molecule has 1 aliphatic carbocycles. The van der Waals surface area contributed by atoms with Crippen molar-refractivity contribution in [2.45, 2.75) is 13.0 Å². The van der Waals surface area contributed by atoms with E-state index < -0.39 is 0 Å². The van der Waals surface area contributed by atoms with E-state index in [4.69, 9.17) is 0 Å². The van der Waals surface area contributed by atoms with Crippen molar-refractivity contribution < 1.29 is 0 Å². The van der Waals surface area contributed by atoms with E-state index in [-0.39, 0.29) is 0 Å². The second-order valence-electron chi connectivity index (χ2n) is 6.36. The summed E-state index contributed by atoms with van der Waals surface area (Å²) in [6.45, 7) is 2.17. The Morgan fingerprint density at radius 3 is 2.48 bits per heavy atom. The summed E-state index contributed by atoms with van der Waals surface area (Å²) in [6, 6.07) is 26.6. The maximum Gasteiger partial charge on any atom is 0.0857 e. The lowest BCUT2D eigenvalue weighted by molar-refractivity contribution is 0.915. The molecule has 5 rings (SSSR count). The molecule has 1 unspecified atom stereocenters. The van der Waals surface area contributed by atoms with Crippen molar-refractivity contribution in [1.82, 2.24) is 0 Å². The van der Waals surface area contributed by atoms with E-state index in [1.807, 2.05) is 0 Å². The van der Waals surface area contributed by atoms with Crippen molar-refractivity contribution >= 4 is 23.0 Å². The van der Waals surface area contributed by atoms with Crippen LogP contribution in [0.25, 0.3) is 11.6 Å². The molecular weight excluding hydrogens is 278 g/mol. The highest BCUT2D eigenvalue weighted by atomic mass is 15.2. The first-order valence-corrected chi connectivity index (χ1v) is 8.09. The van der Waals surface area contributed by atoms with Gasteiger partial charge in [0.15, 0.2) is 0 Å². The Morgan fingerprint density at radius 2 is 1.61 bits per heavy atom. The lowest BCUT2D eigenvalue weighted by Crippen LogP contribution is -2.18. The van der Waals surface area contributed by atoms with Gasteiger partial charge in [-0.15, -0.1) is 0 Å². The highest BCUT2D eigenvalue weighted by molar-refractivity contribution is 6.03. The molecule has 0 saturated heterocycles. The molecule has 0 aromatic heterocycles. The Balaban J connectivity index is 1.79. The summed E-state index contributed by atoms with van der Waals surface area (Å²) in [7, 11) is 0. The van der Waals surface area contributed by atoms with Crippen LogP contribution in [0.15, 0.2) is 72.8 Å². The van der Waals surface area contributed by atoms with Crippen LogP contribution in [0.4, 0.5) is 11.4 Å². The number of fused-ring (bicyclic) bond motifs is 5. The van der Waals surface area contributed by atoms with Crippen LogP contribution in [-0.4, -0.2) is 0 Å². The van der Waals surface area contributed by atoms with Gasteiger partial charge >= 0.3 is 0 Å². The van der Waals surface area contributed by atoms with Gasteiger partial charge in [0.1, 0.15) is 0 Å². The summed E-state index contributed by atoms with van der Waals surface area (Å²) in [5.41, 5.74) is 9.43. The fourth-order valence-corrected chi connectivity index (χ4v) is 3.92. The van der Waals surface area contributed by atoms with Crippen LogP contribution in [-0.2, 0) is 0 Å². The number of rotatable bonds is 1. The van der Waals surface area contributed by atoms with E-state index in [2.05, 4.69) is 90.7 Å². The van der Waals surface area contributed by atoms with Crippen LogP contribution in [0.1, 0.15) is 28.3 Å². The third-order valence-electron chi connectivity index (χ3n) is 4.91. The molecule has 1 nitrogen and oxygen atoms in total. The molecule has 0 amide bonds. The van der Waals surface area contributed by atoms with E-state index in [0.717, 1.165) is 0 Å².